The molecule has 112 valence electrons. The maximum Gasteiger partial charge on any atom is 0.119 e. The van der Waals surface area contributed by atoms with Gasteiger partial charge in [0.1, 0.15) is 5.75 Å². The first kappa shape index (κ1) is 16.5. The van der Waals surface area contributed by atoms with Crippen molar-refractivity contribution in [1.82, 2.24) is 5.32 Å². The van der Waals surface area contributed by atoms with Crippen LogP contribution in [0.3, 0.4) is 0 Å². The van der Waals surface area contributed by atoms with Gasteiger partial charge < -0.3 is 10.1 Å². The van der Waals surface area contributed by atoms with E-state index in [1.807, 2.05) is 19.2 Å². The summed E-state index contributed by atoms with van der Waals surface area (Å²) in [5.41, 5.74) is 2.59. The minimum Gasteiger partial charge on any atom is -0.497 e. The molecule has 1 N–H and O–H groups in total. The third kappa shape index (κ3) is 4.56. The lowest BCUT2D eigenvalue weighted by Gasteiger charge is -2.19. The number of hydrogen-bond donors (Lipinski definition) is 1. The van der Waals surface area contributed by atoms with Crippen molar-refractivity contribution < 1.29 is 4.74 Å². The molecule has 1 unspecified atom stereocenters. The van der Waals surface area contributed by atoms with Gasteiger partial charge in [-0.15, -0.1) is 0 Å². The topological polar surface area (TPSA) is 21.3 Å². The molecule has 0 aliphatic rings. The van der Waals surface area contributed by atoms with Gasteiger partial charge in [0.05, 0.1) is 7.11 Å². The van der Waals surface area contributed by atoms with E-state index in [1.165, 1.54) is 11.1 Å². The van der Waals surface area contributed by atoms with Crippen molar-refractivity contribution in [3.63, 3.8) is 0 Å². The van der Waals surface area contributed by atoms with Crippen LogP contribution < -0.4 is 10.1 Å². The molecule has 2 aromatic rings. The van der Waals surface area contributed by atoms with Gasteiger partial charge in [-0.25, -0.2) is 0 Å². The van der Waals surface area contributed by atoms with Crippen molar-refractivity contribution in [2.45, 2.75) is 12.3 Å². The molecule has 0 aliphatic heterocycles. The standard InChI is InChI=1S/C17H19Br2NO/c1-20-11-14(12-4-3-5-15(18)9-12)8-13-10-16(21-2)6-7-17(13)19/h3-7,9-10,14,20H,8,11H2,1-2H3. The van der Waals surface area contributed by atoms with Crippen LogP contribution in [0.25, 0.3) is 0 Å². The molecule has 0 aliphatic carbocycles. The zero-order valence-electron chi connectivity index (χ0n) is 12.2. The fourth-order valence-electron chi connectivity index (χ4n) is 2.41. The maximum atomic E-state index is 5.33. The fourth-order valence-corrected chi connectivity index (χ4v) is 3.24. The Hall–Kier alpha value is -0.840. The quantitative estimate of drug-likeness (QED) is 0.737. The monoisotopic (exact) mass is 411 g/mol. The van der Waals surface area contributed by atoms with E-state index in [0.29, 0.717) is 5.92 Å². The van der Waals surface area contributed by atoms with Crippen LogP contribution in [0, 0.1) is 0 Å². The Kier molecular flexibility index (Phi) is 6.27. The van der Waals surface area contributed by atoms with Gasteiger partial charge in [-0.1, -0.05) is 44.0 Å². The highest BCUT2D eigenvalue weighted by Crippen LogP contribution is 2.29. The molecule has 21 heavy (non-hydrogen) atoms. The van der Waals surface area contributed by atoms with Crippen LogP contribution in [-0.2, 0) is 6.42 Å². The third-order valence-corrected chi connectivity index (χ3v) is 4.76. The van der Waals surface area contributed by atoms with Crippen molar-refractivity contribution >= 4 is 31.9 Å². The first-order chi connectivity index (χ1) is 10.1. The Morgan fingerprint density at radius 3 is 2.62 bits per heavy atom. The zero-order chi connectivity index (χ0) is 15.2. The minimum atomic E-state index is 0.413. The lowest BCUT2D eigenvalue weighted by Crippen LogP contribution is -2.19. The van der Waals surface area contributed by atoms with Crippen LogP contribution in [0.4, 0.5) is 0 Å². The highest BCUT2D eigenvalue weighted by molar-refractivity contribution is 9.10. The summed E-state index contributed by atoms with van der Waals surface area (Å²) in [6.45, 7) is 0.931. The lowest BCUT2D eigenvalue weighted by molar-refractivity contribution is 0.414. The van der Waals surface area contributed by atoms with Gasteiger partial charge in [-0.05, 0) is 54.9 Å². The van der Waals surface area contributed by atoms with Crippen molar-refractivity contribution in [1.29, 1.82) is 0 Å². The molecule has 4 heteroatoms. The number of halogens is 2. The minimum absolute atomic E-state index is 0.413. The summed E-state index contributed by atoms with van der Waals surface area (Å²) in [5, 5.41) is 3.29. The second-order valence-corrected chi connectivity index (χ2v) is 6.74. The molecule has 0 spiro atoms. The second kappa shape index (κ2) is 7.97. The number of benzene rings is 2. The van der Waals surface area contributed by atoms with E-state index in [4.69, 9.17) is 4.74 Å². The van der Waals surface area contributed by atoms with Gasteiger partial charge in [-0.3, -0.25) is 0 Å². The summed E-state index contributed by atoms with van der Waals surface area (Å²) in [6, 6.07) is 14.6. The van der Waals surface area contributed by atoms with Gasteiger partial charge in [0.25, 0.3) is 0 Å². The van der Waals surface area contributed by atoms with E-state index in [1.54, 1.807) is 7.11 Å². The van der Waals surface area contributed by atoms with Crippen LogP contribution >= 0.6 is 31.9 Å². The molecule has 0 saturated carbocycles. The average Bonchev–Trinajstić information content (AvgIpc) is 2.49. The highest BCUT2D eigenvalue weighted by Gasteiger charge is 2.14. The first-order valence-electron chi connectivity index (χ1n) is 6.86. The summed E-state index contributed by atoms with van der Waals surface area (Å²) in [6.07, 6.45) is 0.953. The molecule has 2 aromatic carbocycles. The molecule has 0 heterocycles. The molecular formula is C17H19Br2NO. The number of hydrogen-bond acceptors (Lipinski definition) is 2. The zero-order valence-corrected chi connectivity index (χ0v) is 15.4. The Bertz CT molecular complexity index is 601. The molecule has 0 fully saturated rings. The normalized spacial score (nSPS) is 12.2. The van der Waals surface area contributed by atoms with Gasteiger partial charge in [-0.2, -0.15) is 0 Å². The number of rotatable bonds is 6. The second-order valence-electron chi connectivity index (χ2n) is 4.97. The van der Waals surface area contributed by atoms with E-state index in [9.17, 15) is 0 Å². The Balaban J connectivity index is 2.28. The van der Waals surface area contributed by atoms with Crippen LogP contribution in [-0.4, -0.2) is 20.7 Å². The van der Waals surface area contributed by atoms with Crippen molar-refractivity contribution in [3.05, 3.63) is 62.5 Å². The van der Waals surface area contributed by atoms with Gasteiger partial charge in [0, 0.05) is 21.4 Å². The largest absolute Gasteiger partial charge is 0.497 e. The van der Waals surface area contributed by atoms with E-state index < -0.39 is 0 Å². The van der Waals surface area contributed by atoms with E-state index >= 15 is 0 Å². The Morgan fingerprint density at radius 2 is 1.95 bits per heavy atom. The molecule has 2 rings (SSSR count). The van der Waals surface area contributed by atoms with Gasteiger partial charge in [0.15, 0.2) is 0 Å². The smallest absolute Gasteiger partial charge is 0.119 e. The molecular weight excluding hydrogens is 394 g/mol. The van der Waals surface area contributed by atoms with E-state index in [0.717, 1.165) is 27.7 Å². The summed E-state index contributed by atoms with van der Waals surface area (Å²) in [4.78, 5) is 0. The predicted molar refractivity (Wildman–Crippen MR) is 95.2 cm³/mol. The molecule has 0 amide bonds. The summed E-state index contributed by atoms with van der Waals surface area (Å²) < 4.78 is 7.57. The van der Waals surface area contributed by atoms with Gasteiger partial charge >= 0.3 is 0 Å². The summed E-state index contributed by atoms with van der Waals surface area (Å²) in [7, 11) is 3.69. The third-order valence-electron chi connectivity index (χ3n) is 3.49. The lowest BCUT2D eigenvalue weighted by atomic mass is 9.92. The maximum absolute atomic E-state index is 5.33. The number of methoxy groups -OCH3 is 1. The average molecular weight is 413 g/mol. The molecule has 1 atom stereocenters. The number of nitrogens with one attached hydrogen (secondary N) is 1. The van der Waals surface area contributed by atoms with E-state index in [-0.39, 0.29) is 0 Å². The Morgan fingerprint density at radius 1 is 1.14 bits per heavy atom. The molecule has 0 saturated heterocycles. The summed E-state index contributed by atoms with van der Waals surface area (Å²) in [5.74, 6) is 1.31. The number of ether oxygens (including phenoxy) is 1. The Labute approximate surface area is 143 Å². The van der Waals surface area contributed by atoms with Crippen LogP contribution in [0.2, 0.25) is 0 Å². The first-order valence-corrected chi connectivity index (χ1v) is 8.45. The van der Waals surface area contributed by atoms with Crippen molar-refractivity contribution in [2.75, 3.05) is 20.7 Å². The van der Waals surface area contributed by atoms with E-state index in [2.05, 4.69) is 67.5 Å². The molecule has 2 nitrogen and oxygen atoms in total. The van der Waals surface area contributed by atoms with Gasteiger partial charge in [0.2, 0.25) is 0 Å². The molecule has 0 aromatic heterocycles. The fraction of sp³-hybridized carbons (Fsp3) is 0.294. The highest BCUT2D eigenvalue weighted by atomic mass is 79.9. The molecule has 0 radical (unpaired) electrons. The van der Waals surface area contributed by atoms with Crippen LogP contribution in [0.1, 0.15) is 17.0 Å². The predicted octanol–water partition coefficient (Wildman–Crippen LogP) is 4.77. The van der Waals surface area contributed by atoms with Crippen molar-refractivity contribution in [3.8, 4) is 5.75 Å². The SMILES string of the molecule is CNCC(Cc1cc(OC)ccc1Br)c1cccc(Br)c1. The number of likely N-dealkylation sites (N-methyl/N-ethyl adjacent to an activating group) is 1. The summed E-state index contributed by atoms with van der Waals surface area (Å²) >= 11 is 7.20. The molecule has 0 bridgehead atoms. The van der Waals surface area contributed by atoms with Crippen molar-refractivity contribution in [2.24, 2.45) is 0 Å². The van der Waals surface area contributed by atoms with Crippen LogP contribution in [0.5, 0.6) is 5.75 Å². The van der Waals surface area contributed by atoms with Crippen LogP contribution in [0.15, 0.2) is 51.4 Å².